The Morgan fingerprint density at radius 1 is 1.30 bits per heavy atom. The van der Waals surface area contributed by atoms with Crippen LogP contribution in [0, 0.1) is 13.8 Å². The number of nitrogens with zero attached hydrogens (tertiary/aromatic N) is 1. The van der Waals surface area contributed by atoms with E-state index in [1.54, 1.807) is 0 Å². The lowest BCUT2D eigenvalue weighted by Crippen LogP contribution is -2.56. The van der Waals surface area contributed by atoms with E-state index >= 15 is 0 Å². The number of aryl methyl sites for hydroxylation is 2. The van der Waals surface area contributed by atoms with Crippen LogP contribution in [-0.4, -0.2) is 32.7 Å². The van der Waals surface area contributed by atoms with Crippen LogP contribution in [0.25, 0.3) is 0 Å². The summed E-state index contributed by atoms with van der Waals surface area (Å²) in [5, 5.41) is 19.1. The van der Waals surface area contributed by atoms with E-state index in [0.29, 0.717) is 12.8 Å². The fourth-order valence-corrected chi connectivity index (χ4v) is 2.85. The van der Waals surface area contributed by atoms with E-state index in [1.807, 2.05) is 13.8 Å². The number of rotatable bonds is 4. The van der Waals surface area contributed by atoms with E-state index in [2.05, 4.69) is 15.5 Å². The number of carboxylic acids is 1. The third kappa shape index (κ3) is 2.84. The minimum Gasteiger partial charge on any atom is -0.480 e. The molecule has 110 valence electrons. The first-order valence-electron chi connectivity index (χ1n) is 6.99. The van der Waals surface area contributed by atoms with E-state index in [0.717, 1.165) is 36.2 Å². The van der Waals surface area contributed by atoms with Crippen molar-refractivity contribution < 1.29 is 14.7 Å². The third-order valence-corrected chi connectivity index (χ3v) is 4.11. The van der Waals surface area contributed by atoms with Crippen molar-refractivity contribution in [2.45, 2.75) is 57.9 Å². The Morgan fingerprint density at radius 2 is 1.95 bits per heavy atom. The molecule has 1 aromatic heterocycles. The lowest BCUT2D eigenvalue weighted by molar-refractivity contribution is -0.149. The molecule has 0 radical (unpaired) electrons. The molecule has 1 fully saturated rings. The second-order valence-corrected chi connectivity index (χ2v) is 5.59. The van der Waals surface area contributed by atoms with Gasteiger partial charge >= 0.3 is 5.97 Å². The summed E-state index contributed by atoms with van der Waals surface area (Å²) in [6.45, 7) is 3.69. The van der Waals surface area contributed by atoms with Gasteiger partial charge in [0.25, 0.3) is 0 Å². The van der Waals surface area contributed by atoms with Crippen LogP contribution in [-0.2, 0) is 16.0 Å². The molecular formula is C14H21N3O3. The molecule has 1 aromatic rings. The number of aromatic amines is 1. The molecule has 1 saturated carbocycles. The van der Waals surface area contributed by atoms with Crippen molar-refractivity contribution in [2.24, 2.45) is 0 Å². The monoisotopic (exact) mass is 279 g/mol. The highest BCUT2D eigenvalue weighted by Gasteiger charge is 2.40. The van der Waals surface area contributed by atoms with E-state index in [4.69, 9.17) is 0 Å². The number of aromatic nitrogens is 2. The van der Waals surface area contributed by atoms with Gasteiger partial charge in [-0.15, -0.1) is 0 Å². The highest BCUT2D eigenvalue weighted by Crippen LogP contribution is 2.28. The summed E-state index contributed by atoms with van der Waals surface area (Å²) < 4.78 is 0. The molecule has 2 rings (SSSR count). The predicted octanol–water partition coefficient (Wildman–Crippen LogP) is 1.47. The largest absolute Gasteiger partial charge is 0.480 e. The molecule has 0 atom stereocenters. The molecule has 6 heteroatoms. The van der Waals surface area contributed by atoms with Crippen LogP contribution < -0.4 is 5.32 Å². The number of carbonyl (C=O) groups excluding carboxylic acids is 1. The Labute approximate surface area is 118 Å². The van der Waals surface area contributed by atoms with Gasteiger partial charge < -0.3 is 10.4 Å². The van der Waals surface area contributed by atoms with Crippen molar-refractivity contribution in [3.05, 3.63) is 17.0 Å². The minimum atomic E-state index is -1.08. The quantitative estimate of drug-likeness (QED) is 0.777. The van der Waals surface area contributed by atoms with Gasteiger partial charge in [0, 0.05) is 11.3 Å². The highest BCUT2D eigenvalue weighted by atomic mass is 16.4. The van der Waals surface area contributed by atoms with Crippen LogP contribution in [0.1, 0.15) is 49.1 Å². The second-order valence-electron chi connectivity index (χ2n) is 5.59. The van der Waals surface area contributed by atoms with E-state index in [1.165, 1.54) is 0 Å². The summed E-state index contributed by atoms with van der Waals surface area (Å²) in [5.74, 6) is -1.17. The standard InChI is InChI=1S/C14H21N3O3/c1-9-11(10(2)17-16-9)8-12(18)15-14(13(19)20)6-4-3-5-7-14/h3-8H2,1-2H3,(H,15,18)(H,16,17)(H,19,20). The number of aliphatic carboxylic acids is 1. The normalized spacial score (nSPS) is 17.7. The maximum atomic E-state index is 12.2. The molecule has 0 aliphatic heterocycles. The molecule has 1 aliphatic carbocycles. The van der Waals surface area contributed by atoms with Crippen LogP contribution in [0.4, 0.5) is 0 Å². The van der Waals surface area contributed by atoms with Gasteiger partial charge in [0.15, 0.2) is 0 Å². The van der Waals surface area contributed by atoms with Crippen molar-refractivity contribution in [2.75, 3.05) is 0 Å². The summed E-state index contributed by atoms with van der Waals surface area (Å²) in [4.78, 5) is 23.7. The molecule has 6 nitrogen and oxygen atoms in total. The molecular weight excluding hydrogens is 258 g/mol. The summed E-state index contributed by atoms with van der Waals surface area (Å²) in [6, 6.07) is 0. The maximum Gasteiger partial charge on any atom is 0.329 e. The fourth-order valence-electron chi connectivity index (χ4n) is 2.85. The Hall–Kier alpha value is -1.85. The minimum absolute atomic E-state index is 0.170. The predicted molar refractivity (Wildman–Crippen MR) is 73.4 cm³/mol. The molecule has 3 N–H and O–H groups in total. The maximum absolute atomic E-state index is 12.2. The Balaban J connectivity index is 2.08. The van der Waals surface area contributed by atoms with E-state index in [-0.39, 0.29) is 12.3 Å². The smallest absolute Gasteiger partial charge is 0.329 e. The van der Waals surface area contributed by atoms with E-state index < -0.39 is 11.5 Å². The molecule has 0 spiro atoms. The van der Waals surface area contributed by atoms with Crippen molar-refractivity contribution in [1.82, 2.24) is 15.5 Å². The first kappa shape index (κ1) is 14.6. The van der Waals surface area contributed by atoms with E-state index in [9.17, 15) is 14.7 Å². The van der Waals surface area contributed by atoms with Crippen LogP contribution in [0.2, 0.25) is 0 Å². The zero-order valence-corrected chi connectivity index (χ0v) is 12.0. The average molecular weight is 279 g/mol. The number of H-pyrrole nitrogens is 1. The van der Waals surface area contributed by atoms with Gasteiger partial charge in [0.05, 0.1) is 12.1 Å². The number of carboxylic acid groups (broad SMARTS) is 1. The number of hydrogen-bond donors (Lipinski definition) is 3. The van der Waals surface area contributed by atoms with Crippen LogP contribution in [0.15, 0.2) is 0 Å². The highest BCUT2D eigenvalue weighted by molar-refractivity contribution is 5.88. The van der Waals surface area contributed by atoms with Gasteiger partial charge in [-0.05, 0) is 26.7 Å². The number of hydrogen-bond acceptors (Lipinski definition) is 3. The first-order valence-corrected chi connectivity index (χ1v) is 6.99. The number of carbonyl (C=O) groups is 2. The molecule has 0 unspecified atom stereocenters. The van der Waals surface area contributed by atoms with Gasteiger partial charge in [0.2, 0.25) is 5.91 Å². The lowest BCUT2D eigenvalue weighted by atomic mass is 9.81. The molecule has 1 heterocycles. The molecule has 0 bridgehead atoms. The van der Waals surface area contributed by atoms with Gasteiger partial charge in [-0.3, -0.25) is 9.89 Å². The van der Waals surface area contributed by atoms with Crippen LogP contribution in [0.3, 0.4) is 0 Å². The molecule has 0 aromatic carbocycles. The van der Waals surface area contributed by atoms with Gasteiger partial charge in [-0.25, -0.2) is 4.79 Å². The lowest BCUT2D eigenvalue weighted by Gasteiger charge is -2.34. The number of amides is 1. The zero-order valence-electron chi connectivity index (χ0n) is 12.0. The molecule has 1 aliphatic rings. The summed E-state index contributed by atoms with van der Waals surface area (Å²) >= 11 is 0. The molecule has 20 heavy (non-hydrogen) atoms. The summed E-state index contributed by atoms with van der Waals surface area (Å²) in [5.41, 5.74) is 1.40. The number of nitrogens with one attached hydrogen (secondary N) is 2. The topological polar surface area (TPSA) is 95.1 Å². The second kappa shape index (κ2) is 5.64. The van der Waals surface area contributed by atoms with Crippen molar-refractivity contribution in [3.8, 4) is 0 Å². The van der Waals surface area contributed by atoms with Crippen molar-refractivity contribution in [3.63, 3.8) is 0 Å². The van der Waals surface area contributed by atoms with Gasteiger partial charge in [-0.2, -0.15) is 5.10 Å². The fraction of sp³-hybridized carbons (Fsp3) is 0.643. The van der Waals surface area contributed by atoms with Crippen molar-refractivity contribution >= 4 is 11.9 Å². The first-order chi connectivity index (χ1) is 9.44. The van der Waals surface area contributed by atoms with Gasteiger partial charge in [0.1, 0.15) is 5.54 Å². The molecule has 1 amide bonds. The Bertz CT molecular complexity index is 496. The SMILES string of the molecule is Cc1n[nH]c(C)c1CC(=O)NC1(C(=O)O)CCCCC1. The van der Waals surface area contributed by atoms with Crippen LogP contribution >= 0.6 is 0 Å². The van der Waals surface area contributed by atoms with Crippen LogP contribution in [0.5, 0.6) is 0 Å². The molecule has 0 saturated heterocycles. The third-order valence-electron chi connectivity index (χ3n) is 4.11. The average Bonchev–Trinajstić information content (AvgIpc) is 2.71. The van der Waals surface area contributed by atoms with Gasteiger partial charge in [-0.1, -0.05) is 19.3 Å². The Kier molecular flexibility index (Phi) is 4.11. The summed E-state index contributed by atoms with van der Waals surface area (Å²) in [7, 11) is 0. The zero-order chi connectivity index (χ0) is 14.8. The Morgan fingerprint density at radius 3 is 2.45 bits per heavy atom. The van der Waals surface area contributed by atoms with Crippen molar-refractivity contribution in [1.29, 1.82) is 0 Å². The summed E-state index contributed by atoms with van der Waals surface area (Å²) in [6.07, 6.45) is 3.91.